The number of carbonyl (C=O) groups excluding carboxylic acids is 1. The second-order valence-electron chi connectivity index (χ2n) is 5.57. The average molecular weight is 317 g/mol. The van der Waals surface area contributed by atoms with Crippen molar-refractivity contribution in [3.63, 3.8) is 0 Å². The van der Waals surface area contributed by atoms with Crippen molar-refractivity contribution in [3.8, 4) is 6.07 Å². The third-order valence-electron chi connectivity index (χ3n) is 3.91. The van der Waals surface area contributed by atoms with Gasteiger partial charge in [0.15, 0.2) is 0 Å². The molecule has 0 aromatic heterocycles. The zero-order chi connectivity index (χ0) is 16.8. The van der Waals surface area contributed by atoms with E-state index in [9.17, 15) is 14.7 Å². The Kier molecular flexibility index (Phi) is 5.68. The molecule has 0 saturated carbocycles. The molecule has 1 aliphatic heterocycles. The first-order valence-electron chi connectivity index (χ1n) is 7.43. The van der Waals surface area contributed by atoms with Gasteiger partial charge < -0.3 is 20.8 Å². The number of nitriles is 1. The summed E-state index contributed by atoms with van der Waals surface area (Å²) in [5.41, 5.74) is 1.47. The number of hydrogen-bond donors (Lipinski definition) is 4. The molecule has 0 spiro atoms. The molecule has 7 heteroatoms. The zero-order valence-corrected chi connectivity index (χ0v) is 12.5. The molecule has 1 aromatic rings. The summed E-state index contributed by atoms with van der Waals surface area (Å²) in [4.78, 5) is 22.5. The summed E-state index contributed by atoms with van der Waals surface area (Å²) < 4.78 is 0. The third-order valence-corrected chi connectivity index (χ3v) is 3.91. The highest BCUT2D eigenvalue weighted by atomic mass is 16.4. The maximum atomic E-state index is 12.0. The Balaban J connectivity index is 2.01. The second-order valence-corrected chi connectivity index (χ2v) is 5.57. The van der Waals surface area contributed by atoms with E-state index in [1.807, 2.05) is 12.1 Å². The number of benzene rings is 1. The highest BCUT2D eigenvalue weighted by Crippen LogP contribution is 2.19. The summed E-state index contributed by atoms with van der Waals surface area (Å²) >= 11 is 0. The molecule has 4 N–H and O–H groups in total. The average Bonchev–Trinajstić information content (AvgIpc) is 2.54. The first-order valence-corrected chi connectivity index (χ1v) is 7.43. The summed E-state index contributed by atoms with van der Waals surface area (Å²) in [5, 5.41) is 33.0. The van der Waals surface area contributed by atoms with Crippen molar-refractivity contribution in [1.82, 2.24) is 10.6 Å². The molecule has 7 nitrogen and oxygen atoms in total. The van der Waals surface area contributed by atoms with Crippen molar-refractivity contribution in [2.45, 2.75) is 37.5 Å². The van der Waals surface area contributed by atoms with Gasteiger partial charge in [-0.05, 0) is 30.9 Å². The number of nitrogens with zero attached hydrogens (tertiary/aromatic N) is 1. The highest BCUT2D eigenvalue weighted by Gasteiger charge is 2.33. The monoisotopic (exact) mass is 317 g/mol. The highest BCUT2D eigenvalue weighted by molar-refractivity contribution is 5.85. The summed E-state index contributed by atoms with van der Waals surface area (Å²) in [6, 6.07) is 8.48. The van der Waals surface area contributed by atoms with Crippen LogP contribution in [-0.4, -0.2) is 46.8 Å². The quantitative estimate of drug-likeness (QED) is 0.596. The number of amides is 1. The molecule has 1 heterocycles. The molecule has 1 amide bonds. The first kappa shape index (κ1) is 16.9. The molecule has 0 radical (unpaired) electrons. The van der Waals surface area contributed by atoms with Crippen LogP contribution in [0.25, 0.3) is 0 Å². The Morgan fingerprint density at radius 1 is 1.35 bits per heavy atom. The SMILES string of the molecule is N#Cc1ccccc1CC1CCC(O)C(C(=O)NCC(=O)O)N1. The number of carbonyl (C=O) groups is 2. The minimum Gasteiger partial charge on any atom is -0.480 e. The van der Waals surface area contributed by atoms with E-state index in [1.165, 1.54) is 0 Å². The minimum absolute atomic E-state index is 0.0616. The Morgan fingerprint density at radius 2 is 2.09 bits per heavy atom. The molecular formula is C16H19N3O4. The van der Waals surface area contributed by atoms with Crippen LogP contribution in [0.5, 0.6) is 0 Å². The van der Waals surface area contributed by atoms with Gasteiger partial charge in [0, 0.05) is 6.04 Å². The molecule has 1 aromatic carbocycles. The smallest absolute Gasteiger partial charge is 0.322 e. The Labute approximate surface area is 133 Å². The molecule has 122 valence electrons. The van der Waals surface area contributed by atoms with Crippen molar-refractivity contribution < 1.29 is 19.8 Å². The molecule has 23 heavy (non-hydrogen) atoms. The fraction of sp³-hybridized carbons (Fsp3) is 0.438. The van der Waals surface area contributed by atoms with Crippen LogP contribution in [0.15, 0.2) is 24.3 Å². The van der Waals surface area contributed by atoms with Gasteiger partial charge in [0.1, 0.15) is 12.6 Å². The maximum Gasteiger partial charge on any atom is 0.322 e. The Hall–Kier alpha value is -2.43. The molecule has 0 aliphatic carbocycles. The molecular weight excluding hydrogens is 298 g/mol. The number of aliphatic hydroxyl groups excluding tert-OH is 1. The summed E-state index contributed by atoms with van der Waals surface area (Å²) in [5.74, 6) is -1.67. The van der Waals surface area contributed by atoms with Crippen molar-refractivity contribution in [3.05, 3.63) is 35.4 Å². The predicted octanol–water partition coefficient (Wildman–Crippen LogP) is -0.217. The van der Waals surface area contributed by atoms with Crippen LogP contribution in [0.1, 0.15) is 24.0 Å². The van der Waals surface area contributed by atoms with Gasteiger partial charge in [-0.25, -0.2) is 0 Å². The lowest BCUT2D eigenvalue weighted by molar-refractivity contribution is -0.139. The van der Waals surface area contributed by atoms with E-state index in [4.69, 9.17) is 10.4 Å². The number of aliphatic carboxylic acids is 1. The lowest BCUT2D eigenvalue weighted by Gasteiger charge is -2.34. The number of rotatable bonds is 5. The van der Waals surface area contributed by atoms with E-state index in [0.717, 1.165) is 5.56 Å². The molecule has 1 saturated heterocycles. The molecule has 3 unspecified atom stereocenters. The second kappa shape index (κ2) is 7.72. The number of piperidine rings is 1. The van der Waals surface area contributed by atoms with Gasteiger partial charge in [0.05, 0.1) is 17.7 Å². The summed E-state index contributed by atoms with van der Waals surface area (Å²) in [6.07, 6.45) is 0.826. The van der Waals surface area contributed by atoms with Gasteiger partial charge >= 0.3 is 5.97 Å². The fourth-order valence-corrected chi connectivity index (χ4v) is 2.74. The number of hydrogen-bond acceptors (Lipinski definition) is 5. The van der Waals surface area contributed by atoms with Crippen LogP contribution in [0.2, 0.25) is 0 Å². The number of nitrogens with one attached hydrogen (secondary N) is 2. The summed E-state index contributed by atoms with van der Waals surface area (Å²) in [7, 11) is 0. The van der Waals surface area contributed by atoms with E-state index in [1.54, 1.807) is 12.1 Å². The van der Waals surface area contributed by atoms with E-state index in [-0.39, 0.29) is 6.04 Å². The van der Waals surface area contributed by atoms with Gasteiger partial charge in [0.2, 0.25) is 5.91 Å². The first-order chi connectivity index (χ1) is 11.0. The lowest BCUT2D eigenvalue weighted by atomic mass is 9.90. The Bertz CT molecular complexity index is 626. The number of aliphatic hydroxyl groups is 1. The maximum absolute atomic E-state index is 12.0. The lowest BCUT2D eigenvalue weighted by Crippen LogP contribution is -2.58. The largest absolute Gasteiger partial charge is 0.480 e. The van der Waals surface area contributed by atoms with Gasteiger partial charge in [-0.3, -0.25) is 9.59 Å². The van der Waals surface area contributed by atoms with Gasteiger partial charge in [0.25, 0.3) is 0 Å². The van der Waals surface area contributed by atoms with Gasteiger partial charge in [-0.1, -0.05) is 18.2 Å². The van der Waals surface area contributed by atoms with E-state index < -0.39 is 30.6 Å². The van der Waals surface area contributed by atoms with E-state index >= 15 is 0 Å². The van der Waals surface area contributed by atoms with Crippen LogP contribution < -0.4 is 10.6 Å². The van der Waals surface area contributed by atoms with Crippen molar-refractivity contribution in [2.24, 2.45) is 0 Å². The number of carboxylic acids is 1. The number of carboxylic acid groups (broad SMARTS) is 1. The van der Waals surface area contributed by atoms with Crippen LogP contribution in [-0.2, 0) is 16.0 Å². The van der Waals surface area contributed by atoms with Crippen LogP contribution in [0.3, 0.4) is 0 Å². The molecule has 1 fully saturated rings. The normalized spacial score (nSPS) is 23.7. The predicted molar refractivity (Wildman–Crippen MR) is 81.5 cm³/mol. The van der Waals surface area contributed by atoms with Crippen LogP contribution in [0.4, 0.5) is 0 Å². The summed E-state index contributed by atoms with van der Waals surface area (Å²) in [6.45, 7) is -0.480. The van der Waals surface area contributed by atoms with Crippen molar-refractivity contribution in [1.29, 1.82) is 5.26 Å². The van der Waals surface area contributed by atoms with Crippen molar-refractivity contribution >= 4 is 11.9 Å². The van der Waals surface area contributed by atoms with E-state index in [0.29, 0.717) is 24.8 Å². The van der Waals surface area contributed by atoms with Gasteiger partial charge in [-0.15, -0.1) is 0 Å². The topological polar surface area (TPSA) is 122 Å². The Morgan fingerprint density at radius 3 is 2.78 bits per heavy atom. The molecule has 3 atom stereocenters. The fourth-order valence-electron chi connectivity index (χ4n) is 2.74. The molecule has 1 aliphatic rings. The van der Waals surface area contributed by atoms with E-state index in [2.05, 4.69) is 16.7 Å². The zero-order valence-electron chi connectivity index (χ0n) is 12.5. The molecule has 2 rings (SSSR count). The van der Waals surface area contributed by atoms with Crippen LogP contribution >= 0.6 is 0 Å². The van der Waals surface area contributed by atoms with Gasteiger partial charge in [-0.2, -0.15) is 5.26 Å². The third kappa shape index (κ3) is 4.52. The van der Waals surface area contributed by atoms with Crippen LogP contribution in [0, 0.1) is 11.3 Å². The minimum atomic E-state index is -1.14. The van der Waals surface area contributed by atoms with Crippen molar-refractivity contribution in [2.75, 3.05) is 6.54 Å². The molecule has 0 bridgehead atoms. The standard InChI is InChI=1S/C16H19N3O4/c17-8-11-4-2-1-3-10(11)7-12-5-6-13(20)15(19-12)16(23)18-9-14(21)22/h1-4,12-13,15,19-20H,5-7,9H2,(H,18,23)(H,21,22).